The number of hydrogen-bond acceptors (Lipinski definition) is 4. The van der Waals surface area contributed by atoms with Crippen molar-refractivity contribution in [2.24, 2.45) is 0 Å². The van der Waals surface area contributed by atoms with E-state index in [1.807, 2.05) is 13.8 Å². The molecule has 0 amide bonds. The number of aromatic amines is 1. The first-order valence-corrected chi connectivity index (χ1v) is 7.63. The van der Waals surface area contributed by atoms with Gasteiger partial charge in [-0.25, -0.2) is 4.79 Å². The summed E-state index contributed by atoms with van der Waals surface area (Å²) in [5.74, 6) is -0.390. The van der Waals surface area contributed by atoms with E-state index < -0.39 is 5.97 Å². The van der Waals surface area contributed by atoms with E-state index in [0.717, 1.165) is 13.1 Å². The van der Waals surface area contributed by atoms with Gasteiger partial charge in [0.25, 0.3) is 0 Å². The van der Waals surface area contributed by atoms with Crippen LogP contribution in [0.1, 0.15) is 46.0 Å². The van der Waals surface area contributed by atoms with Crippen LogP contribution in [0.5, 0.6) is 0 Å². The van der Waals surface area contributed by atoms with Crippen molar-refractivity contribution in [2.75, 3.05) is 26.7 Å². The van der Waals surface area contributed by atoms with Crippen molar-refractivity contribution in [1.82, 2.24) is 4.98 Å². The number of H-pyrrole nitrogens is 1. The molecule has 0 bridgehead atoms. The summed E-state index contributed by atoms with van der Waals surface area (Å²) in [6.07, 6.45) is 0.312. The van der Waals surface area contributed by atoms with Gasteiger partial charge >= 0.3 is 5.97 Å². The second-order valence-corrected chi connectivity index (χ2v) is 6.13. The van der Waals surface area contributed by atoms with Crippen molar-refractivity contribution in [3.8, 4) is 0 Å². The summed E-state index contributed by atoms with van der Waals surface area (Å²) >= 11 is 0. The predicted molar refractivity (Wildman–Crippen MR) is 81.5 cm³/mol. The van der Waals surface area contributed by atoms with Gasteiger partial charge in [0.1, 0.15) is 31.8 Å². The van der Waals surface area contributed by atoms with Gasteiger partial charge in [0.15, 0.2) is 0 Å². The first-order valence-electron chi connectivity index (χ1n) is 7.63. The minimum atomic E-state index is -0.411. The molecule has 2 N–H and O–H groups in total. The zero-order valence-electron chi connectivity index (χ0n) is 13.9. The molecular formula is C16H25N2O4+. The van der Waals surface area contributed by atoms with Crippen molar-refractivity contribution in [3.63, 3.8) is 0 Å². The number of nitrogens with one attached hydrogen (secondary N) is 2. The van der Waals surface area contributed by atoms with Crippen molar-refractivity contribution in [1.29, 1.82) is 0 Å². The lowest BCUT2D eigenvalue weighted by molar-refractivity contribution is -0.906. The molecule has 1 aliphatic heterocycles. The number of carbonyl (C=O) groups is 2. The Morgan fingerprint density at radius 1 is 1.27 bits per heavy atom. The van der Waals surface area contributed by atoms with Gasteiger partial charge in [-0.15, -0.1) is 0 Å². The number of quaternary nitrogens is 1. The lowest BCUT2D eigenvalue weighted by Gasteiger charge is -2.31. The summed E-state index contributed by atoms with van der Waals surface area (Å²) in [7, 11) is 1.34. The number of morpholine rings is 1. The fourth-order valence-corrected chi connectivity index (χ4v) is 3.29. The third-order valence-electron chi connectivity index (χ3n) is 4.13. The van der Waals surface area contributed by atoms with Crippen LogP contribution in [-0.2, 0) is 9.47 Å². The number of aromatic nitrogens is 1. The predicted octanol–water partition coefficient (Wildman–Crippen LogP) is 0.293. The monoisotopic (exact) mass is 309 g/mol. The van der Waals surface area contributed by atoms with E-state index in [-0.39, 0.29) is 18.0 Å². The maximum atomic E-state index is 12.6. The molecule has 0 spiro atoms. The van der Waals surface area contributed by atoms with Crippen LogP contribution in [0.4, 0.5) is 0 Å². The summed E-state index contributed by atoms with van der Waals surface area (Å²) in [5.41, 5.74) is 2.32. The third kappa shape index (κ3) is 3.39. The van der Waals surface area contributed by atoms with Gasteiger partial charge < -0.3 is 19.4 Å². The standard InChI is InChI=1S/C16H24N2O4/c1-9-6-18(7-10(2)22-9)8-13(19)15-11(3)14(12(4)17-15)16(20)21-5/h9-10,17H,6-8H2,1-5H3/p+1/t9-,10-/m0/s1. The Kier molecular flexibility index (Phi) is 5.03. The Bertz CT molecular complexity index is 569. The highest BCUT2D eigenvalue weighted by molar-refractivity contribution is 6.01. The maximum Gasteiger partial charge on any atom is 0.339 e. The van der Waals surface area contributed by atoms with E-state index >= 15 is 0 Å². The number of methoxy groups -OCH3 is 1. The molecule has 22 heavy (non-hydrogen) atoms. The highest BCUT2D eigenvalue weighted by atomic mass is 16.5. The smallest absolute Gasteiger partial charge is 0.339 e. The normalized spacial score (nSPS) is 25.0. The molecule has 2 atom stereocenters. The minimum absolute atomic E-state index is 0.0204. The molecular weight excluding hydrogens is 284 g/mol. The zero-order valence-corrected chi connectivity index (χ0v) is 13.9. The van der Waals surface area contributed by atoms with Crippen LogP contribution >= 0.6 is 0 Å². The minimum Gasteiger partial charge on any atom is -0.465 e. The Morgan fingerprint density at radius 3 is 2.41 bits per heavy atom. The molecule has 1 aliphatic rings. The molecule has 2 heterocycles. The molecule has 0 radical (unpaired) electrons. The fourth-order valence-electron chi connectivity index (χ4n) is 3.29. The SMILES string of the molecule is COC(=O)c1c(C)[nH]c(C(=O)C[NH+]2C[C@H](C)O[C@@H](C)C2)c1C. The Hall–Kier alpha value is -1.66. The van der Waals surface area contributed by atoms with Gasteiger partial charge in [-0.1, -0.05) is 0 Å². The number of aryl methyl sites for hydroxylation is 1. The van der Waals surface area contributed by atoms with E-state index in [1.54, 1.807) is 13.8 Å². The second kappa shape index (κ2) is 6.62. The molecule has 1 fully saturated rings. The molecule has 2 rings (SSSR count). The first-order chi connectivity index (χ1) is 10.3. The largest absolute Gasteiger partial charge is 0.465 e. The van der Waals surface area contributed by atoms with Crippen molar-refractivity contribution in [2.45, 2.75) is 39.9 Å². The van der Waals surface area contributed by atoms with Crippen LogP contribution in [0.15, 0.2) is 0 Å². The average molecular weight is 309 g/mol. The summed E-state index contributed by atoms with van der Waals surface area (Å²) in [5, 5.41) is 0. The van der Waals surface area contributed by atoms with Crippen LogP contribution in [-0.4, -0.2) is 55.7 Å². The maximum absolute atomic E-state index is 12.6. The van der Waals surface area contributed by atoms with Crippen LogP contribution < -0.4 is 4.90 Å². The molecule has 1 aromatic heterocycles. The molecule has 0 saturated carbocycles. The van der Waals surface area contributed by atoms with Crippen molar-refractivity contribution < 1.29 is 24.0 Å². The fraction of sp³-hybridized carbons (Fsp3) is 0.625. The molecule has 6 heteroatoms. The molecule has 0 aromatic carbocycles. The number of ether oxygens (including phenoxy) is 2. The molecule has 1 saturated heterocycles. The van der Waals surface area contributed by atoms with Gasteiger partial charge in [0.2, 0.25) is 5.78 Å². The molecule has 1 aromatic rings. The number of Topliss-reactive ketones (excluding diaryl/α,β-unsaturated/α-hetero) is 1. The summed E-state index contributed by atoms with van der Waals surface area (Å²) in [4.78, 5) is 28.6. The second-order valence-electron chi connectivity index (χ2n) is 6.13. The first kappa shape index (κ1) is 16.7. The number of hydrogen-bond donors (Lipinski definition) is 2. The Balaban J connectivity index is 2.15. The number of carbonyl (C=O) groups excluding carboxylic acids is 2. The van der Waals surface area contributed by atoms with Gasteiger partial charge in [-0.3, -0.25) is 4.79 Å². The number of rotatable bonds is 4. The van der Waals surface area contributed by atoms with E-state index in [0.29, 0.717) is 29.1 Å². The van der Waals surface area contributed by atoms with Gasteiger partial charge in [-0.05, 0) is 33.3 Å². The van der Waals surface area contributed by atoms with Crippen LogP contribution in [0.25, 0.3) is 0 Å². The van der Waals surface area contributed by atoms with Gasteiger partial charge in [0, 0.05) is 5.69 Å². The quantitative estimate of drug-likeness (QED) is 0.619. The molecule has 0 aliphatic carbocycles. The summed E-state index contributed by atoms with van der Waals surface area (Å²) < 4.78 is 10.5. The van der Waals surface area contributed by atoms with Crippen molar-refractivity contribution in [3.05, 3.63) is 22.5 Å². The van der Waals surface area contributed by atoms with Crippen LogP contribution in [0, 0.1) is 13.8 Å². The third-order valence-corrected chi connectivity index (χ3v) is 4.13. The van der Waals surface area contributed by atoms with E-state index in [4.69, 9.17) is 9.47 Å². The van der Waals surface area contributed by atoms with E-state index in [9.17, 15) is 9.59 Å². The Labute approximate surface area is 130 Å². The van der Waals surface area contributed by atoms with Crippen molar-refractivity contribution >= 4 is 11.8 Å². The molecule has 122 valence electrons. The highest BCUT2D eigenvalue weighted by Crippen LogP contribution is 2.19. The van der Waals surface area contributed by atoms with E-state index in [2.05, 4.69) is 4.98 Å². The summed E-state index contributed by atoms with van der Waals surface area (Å²) in [6.45, 7) is 9.65. The van der Waals surface area contributed by atoms with Crippen LogP contribution in [0.3, 0.4) is 0 Å². The topological polar surface area (TPSA) is 72.8 Å². The molecule has 6 nitrogen and oxygen atoms in total. The number of ketones is 1. The Morgan fingerprint density at radius 2 is 1.86 bits per heavy atom. The highest BCUT2D eigenvalue weighted by Gasteiger charge is 2.29. The van der Waals surface area contributed by atoms with Crippen LogP contribution in [0.2, 0.25) is 0 Å². The lowest BCUT2D eigenvalue weighted by Crippen LogP contribution is -3.16. The number of esters is 1. The van der Waals surface area contributed by atoms with Gasteiger partial charge in [0.05, 0.1) is 18.4 Å². The van der Waals surface area contributed by atoms with E-state index in [1.165, 1.54) is 12.0 Å². The molecule has 0 unspecified atom stereocenters. The zero-order chi connectivity index (χ0) is 16.4. The average Bonchev–Trinajstić information content (AvgIpc) is 2.72. The summed E-state index contributed by atoms with van der Waals surface area (Å²) in [6, 6.07) is 0. The lowest BCUT2D eigenvalue weighted by atomic mass is 10.1. The van der Waals surface area contributed by atoms with Gasteiger partial charge in [-0.2, -0.15) is 0 Å².